The summed E-state index contributed by atoms with van der Waals surface area (Å²) in [5.41, 5.74) is 2.77. The molecule has 0 aliphatic carbocycles. The molecule has 0 spiro atoms. The molecule has 0 bridgehead atoms. The van der Waals surface area contributed by atoms with E-state index in [1.165, 1.54) is 6.07 Å². The van der Waals surface area contributed by atoms with E-state index in [0.29, 0.717) is 5.69 Å². The Labute approximate surface area is 154 Å². The van der Waals surface area contributed by atoms with Gasteiger partial charge in [-0.3, -0.25) is 9.59 Å². The smallest absolute Gasteiger partial charge is 0.267 e. The average Bonchev–Trinajstić information content (AvgIpc) is 2.62. The van der Waals surface area contributed by atoms with Crippen LogP contribution in [0.3, 0.4) is 0 Å². The van der Waals surface area contributed by atoms with Gasteiger partial charge in [0.05, 0.1) is 11.4 Å². The van der Waals surface area contributed by atoms with E-state index in [4.69, 9.17) is 0 Å². The molecule has 0 unspecified atom stereocenters. The van der Waals surface area contributed by atoms with E-state index in [1.54, 1.807) is 6.07 Å². The van der Waals surface area contributed by atoms with Gasteiger partial charge in [0.1, 0.15) is 18.2 Å². The van der Waals surface area contributed by atoms with Crippen LogP contribution in [0.4, 0.5) is 14.5 Å². The van der Waals surface area contributed by atoms with Gasteiger partial charge in [-0.15, -0.1) is 0 Å². The van der Waals surface area contributed by atoms with Crippen LogP contribution in [-0.2, 0) is 11.3 Å². The Balaban J connectivity index is 1.84. The monoisotopic (exact) mass is 369 g/mol. The molecular formula is C20H17F2N3O2. The number of anilines is 1. The minimum absolute atomic E-state index is 0.293. The summed E-state index contributed by atoms with van der Waals surface area (Å²) in [6.45, 7) is 3.53. The zero-order valence-corrected chi connectivity index (χ0v) is 14.8. The molecule has 5 nitrogen and oxygen atoms in total. The number of carbonyl (C=O) groups excluding carboxylic acids is 1. The van der Waals surface area contributed by atoms with Crippen LogP contribution in [0.5, 0.6) is 0 Å². The number of halogens is 2. The van der Waals surface area contributed by atoms with Crippen molar-refractivity contribution in [3.8, 4) is 11.3 Å². The number of benzene rings is 2. The van der Waals surface area contributed by atoms with Crippen LogP contribution in [0.15, 0.2) is 53.3 Å². The SMILES string of the molecule is Cc1ccc(-c2ccc(=O)n(CC(=O)Nc3cc(F)ccc3F)n2)cc1C. The Bertz CT molecular complexity index is 1080. The number of carbonyl (C=O) groups is 1. The first kappa shape index (κ1) is 18.4. The van der Waals surface area contributed by atoms with E-state index in [-0.39, 0.29) is 5.69 Å². The fourth-order valence-corrected chi connectivity index (χ4v) is 2.54. The predicted octanol–water partition coefficient (Wildman–Crippen LogP) is 3.44. The molecule has 1 amide bonds. The molecule has 1 aromatic heterocycles. The Morgan fingerprint density at radius 1 is 1.04 bits per heavy atom. The van der Waals surface area contributed by atoms with Crippen LogP contribution in [0.25, 0.3) is 11.3 Å². The van der Waals surface area contributed by atoms with Crippen molar-refractivity contribution < 1.29 is 13.6 Å². The molecule has 1 heterocycles. The van der Waals surface area contributed by atoms with Crippen LogP contribution in [0.1, 0.15) is 11.1 Å². The van der Waals surface area contributed by atoms with E-state index in [1.807, 2.05) is 32.0 Å². The van der Waals surface area contributed by atoms with E-state index in [2.05, 4.69) is 10.4 Å². The predicted molar refractivity (Wildman–Crippen MR) is 98.4 cm³/mol. The summed E-state index contributed by atoms with van der Waals surface area (Å²) in [5, 5.41) is 6.46. The molecule has 1 N–H and O–H groups in total. The first-order chi connectivity index (χ1) is 12.8. The average molecular weight is 369 g/mol. The highest BCUT2D eigenvalue weighted by Gasteiger charge is 2.11. The minimum Gasteiger partial charge on any atom is -0.322 e. The Morgan fingerprint density at radius 3 is 2.56 bits per heavy atom. The lowest BCUT2D eigenvalue weighted by Gasteiger charge is -2.10. The maximum Gasteiger partial charge on any atom is 0.267 e. The third-order valence-electron chi connectivity index (χ3n) is 4.17. The van der Waals surface area contributed by atoms with Crippen molar-refractivity contribution in [3.63, 3.8) is 0 Å². The lowest BCUT2D eigenvalue weighted by Crippen LogP contribution is -2.29. The number of amides is 1. The van der Waals surface area contributed by atoms with Crippen molar-refractivity contribution in [2.75, 3.05) is 5.32 Å². The van der Waals surface area contributed by atoms with E-state index in [9.17, 15) is 18.4 Å². The molecule has 0 saturated heterocycles. The summed E-state index contributed by atoms with van der Waals surface area (Å²) >= 11 is 0. The highest BCUT2D eigenvalue weighted by molar-refractivity contribution is 5.90. The van der Waals surface area contributed by atoms with Gasteiger partial charge in [0.15, 0.2) is 0 Å². The standard InChI is InChI=1S/C20H17F2N3O2/c1-12-3-4-14(9-13(12)2)17-7-8-20(27)25(24-17)11-19(26)23-18-10-15(21)5-6-16(18)22/h3-10H,11H2,1-2H3,(H,23,26). The second kappa shape index (κ2) is 7.49. The lowest BCUT2D eigenvalue weighted by molar-refractivity contribution is -0.117. The van der Waals surface area contributed by atoms with Gasteiger partial charge in [-0.25, -0.2) is 13.5 Å². The second-order valence-electron chi connectivity index (χ2n) is 6.19. The summed E-state index contributed by atoms with van der Waals surface area (Å²) in [7, 11) is 0. The largest absolute Gasteiger partial charge is 0.322 e. The normalized spacial score (nSPS) is 10.7. The van der Waals surface area contributed by atoms with Gasteiger partial charge in [-0.2, -0.15) is 5.10 Å². The first-order valence-electron chi connectivity index (χ1n) is 8.24. The molecule has 3 rings (SSSR count). The van der Waals surface area contributed by atoms with Crippen LogP contribution in [0.2, 0.25) is 0 Å². The fourth-order valence-electron chi connectivity index (χ4n) is 2.54. The first-order valence-corrected chi connectivity index (χ1v) is 8.24. The summed E-state index contributed by atoms with van der Waals surface area (Å²) in [5.74, 6) is -2.14. The van der Waals surface area contributed by atoms with E-state index >= 15 is 0 Å². The van der Waals surface area contributed by atoms with Gasteiger partial charge in [-0.05, 0) is 49.2 Å². The lowest BCUT2D eigenvalue weighted by atomic mass is 10.0. The number of rotatable bonds is 4. The molecule has 7 heteroatoms. The van der Waals surface area contributed by atoms with Crippen molar-refractivity contribution in [1.82, 2.24) is 9.78 Å². The van der Waals surface area contributed by atoms with Gasteiger partial charge in [0, 0.05) is 17.7 Å². The zero-order chi connectivity index (χ0) is 19.6. The maximum atomic E-state index is 13.6. The van der Waals surface area contributed by atoms with Gasteiger partial charge in [0.25, 0.3) is 5.56 Å². The number of nitrogens with one attached hydrogen (secondary N) is 1. The van der Waals surface area contributed by atoms with Crippen molar-refractivity contribution >= 4 is 11.6 Å². The highest BCUT2D eigenvalue weighted by Crippen LogP contribution is 2.19. The maximum absolute atomic E-state index is 13.6. The minimum atomic E-state index is -0.770. The van der Waals surface area contributed by atoms with Gasteiger partial charge in [-0.1, -0.05) is 12.1 Å². The number of aromatic nitrogens is 2. The molecule has 3 aromatic rings. The number of nitrogens with zero attached hydrogens (tertiary/aromatic N) is 2. The summed E-state index contributed by atoms with van der Waals surface area (Å²) in [6.07, 6.45) is 0. The number of hydrogen-bond acceptors (Lipinski definition) is 3. The van der Waals surface area contributed by atoms with Crippen LogP contribution >= 0.6 is 0 Å². The van der Waals surface area contributed by atoms with E-state index in [0.717, 1.165) is 39.6 Å². The van der Waals surface area contributed by atoms with Gasteiger partial charge in [0.2, 0.25) is 5.91 Å². The zero-order valence-electron chi connectivity index (χ0n) is 14.8. The second-order valence-corrected chi connectivity index (χ2v) is 6.19. The van der Waals surface area contributed by atoms with Crippen LogP contribution < -0.4 is 10.9 Å². The molecular weight excluding hydrogens is 352 g/mol. The van der Waals surface area contributed by atoms with E-state index < -0.39 is 29.6 Å². The van der Waals surface area contributed by atoms with Crippen molar-refractivity contribution in [3.05, 3.63) is 81.6 Å². The Kier molecular flexibility index (Phi) is 5.12. The summed E-state index contributed by atoms with van der Waals surface area (Å²) in [4.78, 5) is 24.2. The molecule has 27 heavy (non-hydrogen) atoms. The van der Waals surface area contributed by atoms with Crippen LogP contribution in [-0.4, -0.2) is 15.7 Å². The number of hydrogen-bond donors (Lipinski definition) is 1. The molecule has 2 aromatic carbocycles. The topological polar surface area (TPSA) is 64.0 Å². The summed E-state index contributed by atoms with van der Waals surface area (Å²) < 4.78 is 27.8. The molecule has 0 radical (unpaired) electrons. The fraction of sp³-hybridized carbons (Fsp3) is 0.150. The van der Waals surface area contributed by atoms with Gasteiger partial charge < -0.3 is 5.32 Å². The summed E-state index contributed by atoms with van der Waals surface area (Å²) in [6, 6.07) is 11.4. The number of aryl methyl sites for hydroxylation is 2. The van der Waals surface area contributed by atoms with Crippen molar-refractivity contribution in [2.24, 2.45) is 0 Å². The van der Waals surface area contributed by atoms with Crippen LogP contribution in [0, 0.1) is 25.5 Å². The molecule has 138 valence electrons. The molecule has 0 aliphatic heterocycles. The quantitative estimate of drug-likeness (QED) is 0.766. The Morgan fingerprint density at radius 2 is 1.81 bits per heavy atom. The third-order valence-corrected chi connectivity index (χ3v) is 4.17. The molecule has 0 aliphatic rings. The molecule has 0 saturated carbocycles. The Hall–Kier alpha value is -3.35. The van der Waals surface area contributed by atoms with Crippen molar-refractivity contribution in [1.29, 1.82) is 0 Å². The highest BCUT2D eigenvalue weighted by atomic mass is 19.1. The van der Waals surface area contributed by atoms with Crippen molar-refractivity contribution in [2.45, 2.75) is 20.4 Å². The molecule has 0 fully saturated rings. The molecule has 0 atom stereocenters. The van der Waals surface area contributed by atoms with Gasteiger partial charge >= 0.3 is 0 Å². The third kappa shape index (κ3) is 4.25.